The van der Waals surface area contributed by atoms with Crippen molar-refractivity contribution in [1.82, 2.24) is 9.78 Å². The maximum atomic E-state index is 9.62. The van der Waals surface area contributed by atoms with Gasteiger partial charge >= 0.3 is 0 Å². The number of hydrogen-bond donors (Lipinski definition) is 1. The second-order valence-corrected chi connectivity index (χ2v) is 3.14. The lowest BCUT2D eigenvalue weighted by molar-refractivity contribution is 0.0784. The minimum Gasteiger partial charge on any atom is -0.372 e. The van der Waals surface area contributed by atoms with Crippen molar-refractivity contribution in [3.05, 3.63) is 17.5 Å². The second-order valence-electron chi connectivity index (χ2n) is 3.14. The van der Waals surface area contributed by atoms with Gasteiger partial charge in [-0.2, -0.15) is 5.10 Å². The Morgan fingerprint density at radius 1 is 1.58 bits per heavy atom. The molecule has 0 saturated carbocycles. The molecule has 1 atom stereocenters. The molecule has 0 bridgehead atoms. The van der Waals surface area contributed by atoms with Crippen LogP contribution in [0.3, 0.4) is 0 Å². The molecule has 1 heterocycles. The molecule has 0 radical (unpaired) electrons. The molecule has 12 heavy (non-hydrogen) atoms. The zero-order valence-corrected chi connectivity index (χ0v) is 7.91. The number of aliphatic hydroxyl groups is 1. The summed E-state index contributed by atoms with van der Waals surface area (Å²) < 4.78 is 1.68. The molecule has 1 N–H and O–H groups in total. The predicted octanol–water partition coefficient (Wildman–Crippen LogP) is 1.79. The van der Waals surface area contributed by atoms with E-state index in [-0.39, 0.29) is 0 Å². The van der Waals surface area contributed by atoms with Crippen molar-refractivity contribution < 1.29 is 5.11 Å². The zero-order chi connectivity index (χ0) is 9.14. The van der Waals surface area contributed by atoms with Gasteiger partial charge in [0, 0.05) is 5.69 Å². The summed E-state index contributed by atoms with van der Waals surface area (Å²) >= 11 is 0. The van der Waals surface area contributed by atoms with Crippen molar-refractivity contribution in [2.75, 3.05) is 0 Å². The Labute approximate surface area is 73.0 Å². The molecular weight excluding hydrogens is 152 g/mol. The van der Waals surface area contributed by atoms with Crippen LogP contribution in [0, 0.1) is 13.8 Å². The molecule has 0 saturated heterocycles. The van der Waals surface area contributed by atoms with Gasteiger partial charge in [0.1, 0.15) is 6.23 Å². The summed E-state index contributed by atoms with van der Waals surface area (Å²) in [6, 6.07) is 1.97. The third-order valence-electron chi connectivity index (χ3n) is 1.87. The van der Waals surface area contributed by atoms with Crippen LogP contribution in [0.4, 0.5) is 0 Å². The van der Waals surface area contributed by atoms with Crippen LogP contribution in [0.5, 0.6) is 0 Å². The van der Waals surface area contributed by atoms with Crippen LogP contribution in [-0.2, 0) is 0 Å². The number of nitrogens with zero attached hydrogens (tertiary/aromatic N) is 2. The molecule has 0 aliphatic rings. The highest BCUT2D eigenvalue weighted by molar-refractivity contribution is 5.06. The molecule has 3 nitrogen and oxygen atoms in total. The Balaban J connectivity index is 2.79. The standard InChI is InChI=1S/C9H16N2O/c1-4-5-9(12)11-8(3)6-7(2)10-11/h6,9,12H,4-5H2,1-3H3. The first-order valence-corrected chi connectivity index (χ1v) is 4.36. The molecule has 3 heteroatoms. The van der Waals surface area contributed by atoms with Gasteiger partial charge in [0.15, 0.2) is 0 Å². The van der Waals surface area contributed by atoms with Gasteiger partial charge < -0.3 is 5.11 Å². The van der Waals surface area contributed by atoms with Crippen LogP contribution in [0.25, 0.3) is 0 Å². The Kier molecular flexibility index (Phi) is 2.87. The van der Waals surface area contributed by atoms with Crippen LogP contribution in [0.2, 0.25) is 0 Å². The molecule has 0 aromatic carbocycles. The highest BCUT2D eigenvalue weighted by Gasteiger charge is 2.08. The number of aliphatic hydroxyl groups excluding tert-OH is 1. The maximum absolute atomic E-state index is 9.62. The highest BCUT2D eigenvalue weighted by Crippen LogP contribution is 2.12. The van der Waals surface area contributed by atoms with E-state index >= 15 is 0 Å². The minimum atomic E-state index is -0.455. The average molecular weight is 168 g/mol. The van der Waals surface area contributed by atoms with Crippen molar-refractivity contribution in [3.8, 4) is 0 Å². The normalized spacial score (nSPS) is 13.3. The summed E-state index contributed by atoms with van der Waals surface area (Å²) in [6.07, 6.45) is 1.28. The summed E-state index contributed by atoms with van der Waals surface area (Å²) in [5.74, 6) is 0. The predicted molar refractivity (Wildman–Crippen MR) is 47.9 cm³/mol. The molecule has 68 valence electrons. The van der Waals surface area contributed by atoms with E-state index in [9.17, 15) is 5.11 Å². The summed E-state index contributed by atoms with van der Waals surface area (Å²) in [5.41, 5.74) is 1.98. The molecule has 0 aliphatic heterocycles. The molecule has 0 fully saturated rings. The Bertz CT molecular complexity index is 255. The van der Waals surface area contributed by atoms with Gasteiger partial charge in [-0.25, -0.2) is 4.68 Å². The lowest BCUT2D eigenvalue weighted by Gasteiger charge is -2.11. The SMILES string of the molecule is CCCC(O)n1nc(C)cc1C. The Morgan fingerprint density at radius 2 is 2.25 bits per heavy atom. The molecule has 1 unspecified atom stereocenters. The molecule has 0 spiro atoms. The summed E-state index contributed by atoms with van der Waals surface area (Å²) in [6.45, 7) is 5.94. The van der Waals surface area contributed by atoms with Gasteiger partial charge in [-0.15, -0.1) is 0 Å². The fourth-order valence-electron chi connectivity index (χ4n) is 1.33. The van der Waals surface area contributed by atoms with Crippen LogP contribution in [0.1, 0.15) is 37.4 Å². The van der Waals surface area contributed by atoms with Gasteiger partial charge in [0.2, 0.25) is 0 Å². The van der Waals surface area contributed by atoms with E-state index in [0.717, 1.165) is 24.2 Å². The number of aromatic nitrogens is 2. The first-order chi connectivity index (χ1) is 5.65. The molecule has 1 rings (SSSR count). The van der Waals surface area contributed by atoms with Gasteiger partial charge in [-0.1, -0.05) is 13.3 Å². The number of aryl methyl sites for hydroxylation is 2. The smallest absolute Gasteiger partial charge is 0.147 e. The van der Waals surface area contributed by atoms with E-state index in [4.69, 9.17) is 0 Å². The zero-order valence-electron chi connectivity index (χ0n) is 7.91. The van der Waals surface area contributed by atoms with Gasteiger partial charge in [-0.05, 0) is 26.3 Å². The van der Waals surface area contributed by atoms with Gasteiger partial charge in [-0.3, -0.25) is 0 Å². The maximum Gasteiger partial charge on any atom is 0.147 e. The van der Waals surface area contributed by atoms with Crippen molar-refractivity contribution in [2.45, 2.75) is 39.8 Å². The molecular formula is C9H16N2O. The fraction of sp³-hybridized carbons (Fsp3) is 0.667. The van der Waals surface area contributed by atoms with Gasteiger partial charge in [0.05, 0.1) is 5.69 Å². The molecule has 0 aliphatic carbocycles. The molecule has 0 amide bonds. The summed E-state index contributed by atoms with van der Waals surface area (Å²) in [4.78, 5) is 0. The van der Waals surface area contributed by atoms with E-state index in [0.29, 0.717) is 0 Å². The Morgan fingerprint density at radius 3 is 2.67 bits per heavy atom. The van der Waals surface area contributed by atoms with Crippen LogP contribution >= 0.6 is 0 Å². The van der Waals surface area contributed by atoms with Crippen LogP contribution in [-0.4, -0.2) is 14.9 Å². The molecule has 1 aromatic heterocycles. The topological polar surface area (TPSA) is 38.0 Å². The fourth-order valence-corrected chi connectivity index (χ4v) is 1.33. The lowest BCUT2D eigenvalue weighted by Crippen LogP contribution is -2.11. The third-order valence-corrected chi connectivity index (χ3v) is 1.87. The van der Waals surface area contributed by atoms with Crippen LogP contribution in [0.15, 0.2) is 6.07 Å². The van der Waals surface area contributed by atoms with E-state index < -0.39 is 6.23 Å². The lowest BCUT2D eigenvalue weighted by atomic mass is 10.3. The first kappa shape index (κ1) is 9.26. The minimum absolute atomic E-state index is 0.455. The van der Waals surface area contributed by atoms with Crippen molar-refractivity contribution >= 4 is 0 Å². The van der Waals surface area contributed by atoms with Crippen molar-refractivity contribution in [1.29, 1.82) is 0 Å². The Hall–Kier alpha value is -0.830. The number of rotatable bonds is 3. The number of hydrogen-bond acceptors (Lipinski definition) is 2. The van der Waals surface area contributed by atoms with E-state index in [1.165, 1.54) is 0 Å². The first-order valence-electron chi connectivity index (χ1n) is 4.36. The highest BCUT2D eigenvalue weighted by atomic mass is 16.3. The van der Waals surface area contributed by atoms with E-state index in [2.05, 4.69) is 12.0 Å². The van der Waals surface area contributed by atoms with Crippen molar-refractivity contribution in [2.24, 2.45) is 0 Å². The second kappa shape index (κ2) is 3.72. The van der Waals surface area contributed by atoms with E-state index in [1.807, 2.05) is 19.9 Å². The summed E-state index contributed by atoms with van der Waals surface area (Å²) in [5, 5.41) is 13.8. The molecule has 1 aromatic rings. The largest absolute Gasteiger partial charge is 0.372 e. The average Bonchev–Trinajstić information content (AvgIpc) is 2.30. The monoisotopic (exact) mass is 168 g/mol. The summed E-state index contributed by atoms with van der Waals surface area (Å²) in [7, 11) is 0. The van der Waals surface area contributed by atoms with Gasteiger partial charge in [0.25, 0.3) is 0 Å². The quantitative estimate of drug-likeness (QED) is 0.747. The van der Waals surface area contributed by atoms with Crippen LogP contribution < -0.4 is 0 Å². The van der Waals surface area contributed by atoms with E-state index in [1.54, 1.807) is 4.68 Å². The third kappa shape index (κ3) is 1.85. The van der Waals surface area contributed by atoms with Crippen molar-refractivity contribution in [3.63, 3.8) is 0 Å².